The Balaban J connectivity index is 1.60. The van der Waals surface area contributed by atoms with Gasteiger partial charge in [-0.3, -0.25) is 4.98 Å². The van der Waals surface area contributed by atoms with E-state index in [1.165, 1.54) is 0 Å². The number of hydrogen-bond acceptors (Lipinski definition) is 5. The van der Waals surface area contributed by atoms with Gasteiger partial charge in [-0.2, -0.15) is 4.98 Å². The summed E-state index contributed by atoms with van der Waals surface area (Å²) in [5, 5.41) is 0.491. The van der Waals surface area contributed by atoms with Gasteiger partial charge in [-0.1, -0.05) is 11.6 Å². The highest BCUT2D eigenvalue weighted by Crippen LogP contribution is 2.47. The fourth-order valence-corrected chi connectivity index (χ4v) is 2.61. The van der Waals surface area contributed by atoms with E-state index in [1.54, 1.807) is 13.3 Å². The van der Waals surface area contributed by atoms with Crippen LogP contribution < -0.4 is 9.47 Å². The molecule has 2 heterocycles. The molecule has 0 aromatic carbocycles. The minimum Gasteiger partial charge on any atom is -0.495 e. The third kappa shape index (κ3) is 3.14. The minimum absolute atomic E-state index is 0.439. The third-order valence-corrected chi connectivity index (χ3v) is 4.26. The van der Waals surface area contributed by atoms with E-state index >= 15 is 0 Å². The average molecular weight is 320 g/mol. The third-order valence-electron chi connectivity index (χ3n) is 3.83. The first-order valence-electron chi connectivity index (χ1n) is 7.22. The predicted octanol–water partition coefficient (Wildman–Crippen LogP) is 3.33. The molecule has 0 aliphatic heterocycles. The first-order chi connectivity index (χ1) is 10.6. The number of halogens is 1. The number of hydrogen-bond donors (Lipinski definition) is 0. The van der Waals surface area contributed by atoms with Gasteiger partial charge < -0.3 is 9.47 Å². The second-order valence-corrected chi connectivity index (χ2v) is 5.89. The molecule has 5 nitrogen and oxygen atoms in total. The molecule has 1 aliphatic carbocycles. The van der Waals surface area contributed by atoms with Crippen LogP contribution in [0.1, 0.15) is 29.6 Å². The number of pyridine rings is 1. The van der Waals surface area contributed by atoms with Gasteiger partial charge in [-0.15, -0.1) is 0 Å². The molecule has 2 aromatic heterocycles. The molecule has 0 amide bonds. The molecule has 0 bridgehead atoms. The molecule has 1 aliphatic rings. The summed E-state index contributed by atoms with van der Waals surface area (Å²) in [4.78, 5) is 12.9. The Morgan fingerprint density at radius 3 is 2.77 bits per heavy atom. The van der Waals surface area contributed by atoms with Crippen LogP contribution in [0.3, 0.4) is 0 Å². The second-order valence-electron chi connectivity index (χ2n) is 5.51. The van der Waals surface area contributed by atoms with E-state index in [4.69, 9.17) is 21.1 Å². The second kappa shape index (κ2) is 6.08. The van der Waals surface area contributed by atoms with Crippen LogP contribution in [-0.4, -0.2) is 28.7 Å². The number of nitrogens with zero attached hydrogens (tertiary/aromatic N) is 3. The van der Waals surface area contributed by atoms with Crippen molar-refractivity contribution in [2.75, 3.05) is 13.7 Å². The van der Waals surface area contributed by atoms with Crippen molar-refractivity contribution in [3.8, 4) is 11.6 Å². The minimum atomic E-state index is 0.439. The summed E-state index contributed by atoms with van der Waals surface area (Å²) in [5.74, 6) is 2.80. The average Bonchev–Trinajstić information content (AvgIpc) is 3.29. The van der Waals surface area contributed by atoms with Crippen molar-refractivity contribution >= 4 is 11.6 Å². The molecule has 0 saturated heterocycles. The Bertz CT molecular complexity index is 676. The van der Waals surface area contributed by atoms with E-state index < -0.39 is 0 Å². The molecule has 116 valence electrons. The fraction of sp³-hybridized carbons (Fsp3) is 0.438. The van der Waals surface area contributed by atoms with Crippen LogP contribution in [0.5, 0.6) is 11.6 Å². The van der Waals surface area contributed by atoms with Crippen LogP contribution >= 0.6 is 11.6 Å². The molecule has 3 rings (SSSR count). The normalized spacial score (nSPS) is 19.8. The van der Waals surface area contributed by atoms with E-state index in [0.29, 0.717) is 35.2 Å². The lowest BCUT2D eigenvalue weighted by molar-refractivity contribution is 0.284. The molecule has 22 heavy (non-hydrogen) atoms. The molecule has 2 atom stereocenters. The molecule has 0 spiro atoms. The van der Waals surface area contributed by atoms with Crippen molar-refractivity contribution in [1.29, 1.82) is 0 Å². The van der Waals surface area contributed by atoms with E-state index in [1.807, 2.05) is 26.0 Å². The van der Waals surface area contributed by atoms with Crippen molar-refractivity contribution in [2.45, 2.75) is 26.2 Å². The molecule has 0 radical (unpaired) electrons. The van der Waals surface area contributed by atoms with Crippen molar-refractivity contribution < 1.29 is 9.47 Å². The topological polar surface area (TPSA) is 57.1 Å². The van der Waals surface area contributed by atoms with E-state index in [9.17, 15) is 0 Å². The van der Waals surface area contributed by atoms with E-state index in [0.717, 1.165) is 23.6 Å². The van der Waals surface area contributed by atoms with Gasteiger partial charge in [-0.25, -0.2) is 4.98 Å². The van der Waals surface area contributed by atoms with Gasteiger partial charge in [0.1, 0.15) is 16.6 Å². The first-order valence-corrected chi connectivity index (χ1v) is 7.59. The zero-order valence-electron chi connectivity index (χ0n) is 12.8. The van der Waals surface area contributed by atoms with Crippen molar-refractivity contribution in [3.63, 3.8) is 0 Å². The van der Waals surface area contributed by atoms with Gasteiger partial charge in [0.05, 0.1) is 25.6 Å². The van der Waals surface area contributed by atoms with Crippen molar-refractivity contribution in [3.05, 3.63) is 40.6 Å². The van der Waals surface area contributed by atoms with Crippen molar-refractivity contribution in [2.24, 2.45) is 5.92 Å². The van der Waals surface area contributed by atoms with Gasteiger partial charge >= 0.3 is 0 Å². The van der Waals surface area contributed by atoms with Gasteiger partial charge in [0, 0.05) is 17.5 Å². The Hall–Kier alpha value is -1.88. The molecule has 1 fully saturated rings. The molecule has 2 unspecified atom stereocenters. The molecule has 2 aromatic rings. The highest BCUT2D eigenvalue weighted by atomic mass is 35.5. The van der Waals surface area contributed by atoms with Gasteiger partial charge in [0.15, 0.2) is 0 Å². The standard InChI is InChI=1S/C16H18ClN3O2/c1-9-15(17)16(20-10(2)19-9)22-8-11-6-13(11)14-5-4-12(21-3)7-18-14/h4-5,7,11,13H,6,8H2,1-3H3. The van der Waals surface area contributed by atoms with Gasteiger partial charge in [0.25, 0.3) is 0 Å². The number of methoxy groups -OCH3 is 1. The molecular weight excluding hydrogens is 302 g/mol. The van der Waals surface area contributed by atoms with Gasteiger partial charge in [0.2, 0.25) is 5.88 Å². The van der Waals surface area contributed by atoms with E-state index in [-0.39, 0.29) is 0 Å². The van der Waals surface area contributed by atoms with Crippen LogP contribution in [0.4, 0.5) is 0 Å². The summed E-state index contributed by atoms with van der Waals surface area (Å²) < 4.78 is 10.9. The maximum absolute atomic E-state index is 6.18. The van der Waals surface area contributed by atoms with E-state index in [2.05, 4.69) is 15.0 Å². The number of aryl methyl sites for hydroxylation is 2. The zero-order chi connectivity index (χ0) is 15.7. The predicted molar refractivity (Wildman–Crippen MR) is 83.6 cm³/mol. The smallest absolute Gasteiger partial charge is 0.236 e. The maximum atomic E-state index is 6.18. The summed E-state index contributed by atoms with van der Waals surface area (Å²) in [6, 6.07) is 3.95. The lowest BCUT2D eigenvalue weighted by Gasteiger charge is -2.09. The summed E-state index contributed by atoms with van der Waals surface area (Å²) in [6.45, 7) is 4.27. The van der Waals surface area contributed by atoms with Crippen LogP contribution in [-0.2, 0) is 0 Å². The summed E-state index contributed by atoms with van der Waals surface area (Å²) in [5.41, 5.74) is 1.82. The van der Waals surface area contributed by atoms with Crippen LogP contribution in [0.2, 0.25) is 5.02 Å². The number of aromatic nitrogens is 3. The zero-order valence-corrected chi connectivity index (χ0v) is 13.6. The lowest BCUT2D eigenvalue weighted by Crippen LogP contribution is -2.05. The molecular formula is C16H18ClN3O2. The van der Waals surface area contributed by atoms with Gasteiger partial charge in [-0.05, 0) is 32.4 Å². The Morgan fingerprint density at radius 2 is 2.09 bits per heavy atom. The highest BCUT2D eigenvalue weighted by Gasteiger charge is 2.40. The maximum Gasteiger partial charge on any atom is 0.236 e. The summed E-state index contributed by atoms with van der Waals surface area (Å²) in [7, 11) is 1.64. The van der Waals surface area contributed by atoms with Crippen LogP contribution in [0.15, 0.2) is 18.3 Å². The first kappa shape index (κ1) is 15.0. The Labute approximate surface area is 134 Å². The Kier molecular flexibility index (Phi) is 4.16. The quantitative estimate of drug-likeness (QED) is 0.846. The number of rotatable bonds is 5. The lowest BCUT2D eigenvalue weighted by atomic mass is 10.2. The monoisotopic (exact) mass is 319 g/mol. The Morgan fingerprint density at radius 1 is 1.27 bits per heavy atom. The van der Waals surface area contributed by atoms with Crippen LogP contribution in [0, 0.1) is 19.8 Å². The fourth-order valence-electron chi connectivity index (χ4n) is 2.48. The van der Waals surface area contributed by atoms with Crippen molar-refractivity contribution in [1.82, 2.24) is 15.0 Å². The van der Waals surface area contributed by atoms with Crippen LogP contribution in [0.25, 0.3) is 0 Å². The number of ether oxygens (including phenoxy) is 2. The molecule has 6 heteroatoms. The summed E-state index contributed by atoms with van der Waals surface area (Å²) in [6.07, 6.45) is 2.82. The molecule has 0 N–H and O–H groups in total. The highest BCUT2D eigenvalue weighted by molar-refractivity contribution is 6.32. The summed E-state index contributed by atoms with van der Waals surface area (Å²) >= 11 is 6.18. The molecule has 1 saturated carbocycles. The SMILES string of the molecule is COc1ccc(C2CC2COc2nc(C)nc(C)c2Cl)nc1. The largest absolute Gasteiger partial charge is 0.495 e.